The highest BCUT2D eigenvalue weighted by Crippen LogP contribution is 2.41. The molecule has 1 aromatic heterocycles. The van der Waals surface area contributed by atoms with Crippen molar-refractivity contribution in [1.82, 2.24) is 9.88 Å². The molecule has 5 heteroatoms. The van der Waals surface area contributed by atoms with Gasteiger partial charge in [0.25, 0.3) is 0 Å². The topological polar surface area (TPSA) is 59.2 Å². The lowest BCUT2D eigenvalue weighted by atomic mass is 9.82. The minimum Gasteiger partial charge on any atom is -0.368 e. The Kier molecular flexibility index (Phi) is 5.64. The summed E-state index contributed by atoms with van der Waals surface area (Å²) in [6.07, 6.45) is 4.12. The Morgan fingerprint density at radius 3 is 2.57 bits per heavy atom. The van der Waals surface area contributed by atoms with Gasteiger partial charge in [-0.2, -0.15) is 0 Å². The zero-order chi connectivity index (χ0) is 21.1. The number of carbonyl (C=O) groups excluding carboxylic acids is 1. The average molecular weight is 404 g/mol. The molecule has 4 rings (SSSR count). The number of aromatic nitrogens is 1. The van der Waals surface area contributed by atoms with Gasteiger partial charge in [0.2, 0.25) is 5.91 Å². The van der Waals surface area contributed by atoms with Crippen molar-refractivity contribution in [3.8, 4) is 0 Å². The molecule has 1 amide bonds. The van der Waals surface area contributed by atoms with Crippen LogP contribution in [0.3, 0.4) is 0 Å². The number of aryl methyl sites for hydroxylation is 1. The molecule has 0 radical (unpaired) electrons. The molecular formula is C25H26FN3O. The van der Waals surface area contributed by atoms with E-state index in [9.17, 15) is 9.18 Å². The summed E-state index contributed by atoms with van der Waals surface area (Å²) in [7, 11) is 0. The molecule has 2 atom stereocenters. The molecule has 0 fully saturated rings. The van der Waals surface area contributed by atoms with E-state index in [1.165, 1.54) is 12.1 Å². The Morgan fingerprint density at radius 2 is 1.87 bits per heavy atom. The maximum absolute atomic E-state index is 13.3. The fourth-order valence-electron chi connectivity index (χ4n) is 4.53. The van der Waals surface area contributed by atoms with Gasteiger partial charge in [0.05, 0.1) is 0 Å². The average Bonchev–Trinajstić information content (AvgIpc) is 2.78. The molecule has 0 spiro atoms. The van der Waals surface area contributed by atoms with E-state index in [0.717, 1.165) is 41.6 Å². The van der Waals surface area contributed by atoms with Crippen LogP contribution in [0.15, 0.2) is 72.9 Å². The summed E-state index contributed by atoms with van der Waals surface area (Å²) >= 11 is 0. The number of nitrogens with zero attached hydrogens (tertiary/aromatic N) is 2. The number of benzene rings is 2. The van der Waals surface area contributed by atoms with Crippen molar-refractivity contribution < 1.29 is 9.18 Å². The second-order valence-corrected chi connectivity index (χ2v) is 7.97. The zero-order valence-electron chi connectivity index (χ0n) is 17.1. The van der Waals surface area contributed by atoms with Crippen LogP contribution >= 0.6 is 0 Å². The zero-order valence-corrected chi connectivity index (χ0v) is 17.1. The molecule has 1 aliphatic heterocycles. The first-order valence-electron chi connectivity index (χ1n) is 10.3. The first-order valence-corrected chi connectivity index (χ1v) is 10.3. The van der Waals surface area contributed by atoms with E-state index in [-0.39, 0.29) is 17.8 Å². The van der Waals surface area contributed by atoms with E-state index in [0.29, 0.717) is 6.54 Å². The van der Waals surface area contributed by atoms with Gasteiger partial charge in [0.1, 0.15) is 11.4 Å². The molecule has 3 aromatic rings. The predicted molar refractivity (Wildman–Crippen MR) is 115 cm³/mol. The second kappa shape index (κ2) is 8.36. The standard InChI is InChI=1S/C25H26FN3O/c1-25(24(27)30,19-6-3-2-4-7-19)29-17-15-22-21(8-5-16-28-22)23(29)14-11-18-9-12-20(26)13-10-18/h2-10,12-13,16,23H,11,14-15,17H2,1H3,(H2,27,30). The van der Waals surface area contributed by atoms with Gasteiger partial charge >= 0.3 is 0 Å². The van der Waals surface area contributed by atoms with Crippen molar-refractivity contribution in [2.45, 2.75) is 37.8 Å². The van der Waals surface area contributed by atoms with E-state index < -0.39 is 5.54 Å². The Balaban J connectivity index is 1.73. The number of halogens is 1. The summed E-state index contributed by atoms with van der Waals surface area (Å²) in [4.78, 5) is 19.6. The predicted octanol–water partition coefficient (Wildman–Crippen LogP) is 4.15. The van der Waals surface area contributed by atoms with Gasteiger partial charge in [-0.1, -0.05) is 48.5 Å². The molecule has 2 heterocycles. The van der Waals surface area contributed by atoms with Crippen LogP contribution in [0.5, 0.6) is 0 Å². The lowest BCUT2D eigenvalue weighted by Gasteiger charge is -2.47. The number of hydrogen-bond acceptors (Lipinski definition) is 3. The van der Waals surface area contributed by atoms with Gasteiger partial charge in [0.15, 0.2) is 0 Å². The fraction of sp³-hybridized carbons (Fsp3) is 0.280. The Labute approximate surface area is 176 Å². The SMILES string of the molecule is CC(C(N)=O)(c1ccccc1)N1CCc2ncccc2C1CCc1ccc(F)cc1. The number of amides is 1. The molecule has 2 aromatic carbocycles. The van der Waals surface area contributed by atoms with E-state index in [2.05, 4.69) is 16.0 Å². The van der Waals surface area contributed by atoms with Crippen LogP contribution in [0.2, 0.25) is 0 Å². The summed E-state index contributed by atoms with van der Waals surface area (Å²) in [5, 5.41) is 0. The minimum absolute atomic E-state index is 0.0230. The number of carbonyl (C=O) groups is 1. The minimum atomic E-state index is -0.942. The van der Waals surface area contributed by atoms with Crippen molar-refractivity contribution in [2.24, 2.45) is 5.73 Å². The van der Waals surface area contributed by atoms with Crippen LogP contribution in [-0.4, -0.2) is 22.3 Å². The molecule has 0 saturated carbocycles. The van der Waals surface area contributed by atoms with E-state index >= 15 is 0 Å². The fourth-order valence-corrected chi connectivity index (χ4v) is 4.53. The van der Waals surface area contributed by atoms with E-state index in [1.54, 1.807) is 0 Å². The third-order valence-corrected chi connectivity index (χ3v) is 6.26. The molecule has 1 aliphatic rings. The quantitative estimate of drug-likeness (QED) is 0.673. The summed E-state index contributed by atoms with van der Waals surface area (Å²) in [5.41, 5.74) is 9.21. The van der Waals surface area contributed by atoms with Crippen molar-refractivity contribution in [1.29, 1.82) is 0 Å². The van der Waals surface area contributed by atoms with E-state index in [1.807, 2.05) is 61.7 Å². The molecule has 4 nitrogen and oxygen atoms in total. The molecule has 154 valence electrons. The maximum Gasteiger partial charge on any atom is 0.242 e. The number of primary amides is 1. The highest BCUT2D eigenvalue weighted by molar-refractivity contribution is 5.85. The highest BCUT2D eigenvalue weighted by atomic mass is 19.1. The molecule has 30 heavy (non-hydrogen) atoms. The normalized spacial score (nSPS) is 18.4. The third-order valence-electron chi connectivity index (χ3n) is 6.26. The molecule has 0 bridgehead atoms. The van der Waals surface area contributed by atoms with Crippen molar-refractivity contribution in [2.75, 3.05) is 6.54 Å². The van der Waals surface area contributed by atoms with Gasteiger partial charge in [-0.15, -0.1) is 0 Å². The van der Waals surface area contributed by atoms with Gasteiger partial charge < -0.3 is 5.73 Å². The van der Waals surface area contributed by atoms with Gasteiger partial charge in [-0.05, 0) is 54.7 Å². The lowest BCUT2D eigenvalue weighted by Crippen LogP contribution is -2.56. The molecule has 0 saturated heterocycles. The summed E-state index contributed by atoms with van der Waals surface area (Å²) in [6.45, 7) is 2.60. The van der Waals surface area contributed by atoms with Crippen LogP contribution in [0, 0.1) is 5.82 Å². The van der Waals surface area contributed by atoms with Gasteiger partial charge in [-0.3, -0.25) is 14.7 Å². The van der Waals surface area contributed by atoms with E-state index in [4.69, 9.17) is 5.73 Å². The summed E-state index contributed by atoms with van der Waals surface area (Å²) in [5.74, 6) is -0.606. The van der Waals surface area contributed by atoms with Crippen molar-refractivity contribution in [3.63, 3.8) is 0 Å². The van der Waals surface area contributed by atoms with Crippen molar-refractivity contribution >= 4 is 5.91 Å². The smallest absolute Gasteiger partial charge is 0.242 e. The number of fused-ring (bicyclic) bond motifs is 1. The number of nitrogens with two attached hydrogens (primary N) is 1. The number of hydrogen-bond donors (Lipinski definition) is 1. The molecule has 2 N–H and O–H groups in total. The summed E-state index contributed by atoms with van der Waals surface area (Å²) < 4.78 is 13.3. The molecule has 0 aliphatic carbocycles. The number of rotatable bonds is 6. The maximum atomic E-state index is 13.3. The van der Waals surface area contributed by atoms with Crippen LogP contribution in [-0.2, 0) is 23.2 Å². The highest BCUT2D eigenvalue weighted by Gasteiger charge is 2.45. The number of pyridine rings is 1. The second-order valence-electron chi connectivity index (χ2n) is 7.97. The van der Waals surface area contributed by atoms with Crippen LogP contribution in [0.1, 0.15) is 41.8 Å². The van der Waals surface area contributed by atoms with Crippen LogP contribution < -0.4 is 5.73 Å². The third kappa shape index (κ3) is 3.73. The Hall–Kier alpha value is -3.05. The monoisotopic (exact) mass is 403 g/mol. The Bertz CT molecular complexity index is 1020. The molecule has 2 unspecified atom stereocenters. The Morgan fingerprint density at radius 1 is 1.13 bits per heavy atom. The van der Waals surface area contributed by atoms with Crippen molar-refractivity contribution in [3.05, 3.63) is 101 Å². The first-order chi connectivity index (χ1) is 14.5. The van der Waals surface area contributed by atoms with Gasteiger partial charge in [-0.25, -0.2) is 4.39 Å². The largest absolute Gasteiger partial charge is 0.368 e. The lowest BCUT2D eigenvalue weighted by molar-refractivity contribution is -0.132. The van der Waals surface area contributed by atoms with Crippen LogP contribution in [0.4, 0.5) is 4.39 Å². The molecular weight excluding hydrogens is 377 g/mol. The van der Waals surface area contributed by atoms with Crippen LogP contribution in [0.25, 0.3) is 0 Å². The van der Waals surface area contributed by atoms with Gasteiger partial charge in [0, 0.05) is 30.9 Å². The summed E-state index contributed by atoms with van der Waals surface area (Å²) in [6, 6.07) is 20.3. The first kappa shape index (κ1) is 20.2.